The van der Waals surface area contributed by atoms with Gasteiger partial charge in [0, 0.05) is 67.5 Å². The van der Waals surface area contributed by atoms with Crippen LogP contribution in [0.15, 0.2) is 283 Å². The first-order valence-corrected chi connectivity index (χ1v) is 59.6. The van der Waals surface area contributed by atoms with Crippen LogP contribution >= 0.6 is 0 Å². The summed E-state index contributed by atoms with van der Waals surface area (Å²) in [6.45, 7) is 30.2. The van der Waals surface area contributed by atoms with Crippen molar-refractivity contribution in [3.63, 3.8) is 0 Å². The van der Waals surface area contributed by atoms with Crippen molar-refractivity contribution >= 4 is 143 Å². The Labute approximate surface area is 708 Å². The molecule has 20 rings (SSSR count). The van der Waals surface area contributed by atoms with Gasteiger partial charge < -0.3 is 18.9 Å². The van der Waals surface area contributed by atoms with Crippen LogP contribution in [0.5, 0.6) is 0 Å². The van der Waals surface area contributed by atoms with Gasteiger partial charge in [0.25, 0.3) is 6.71 Å². The van der Waals surface area contributed by atoms with Gasteiger partial charge in [-0.05, 0) is 238 Å². The van der Waals surface area contributed by atoms with E-state index in [1.165, 1.54) is 188 Å². The Morgan fingerprint density at radius 1 is 0.322 bits per heavy atom. The Balaban J connectivity index is 0.966. The van der Waals surface area contributed by atoms with Gasteiger partial charge in [-0.1, -0.05) is 311 Å². The van der Waals surface area contributed by atoms with Gasteiger partial charge in [0.15, 0.2) is 0 Å². The van der Waals surface area contributed by atoms with E-state index < -0.39 is 37.7 Å². The Kier molecular flexibility index (Phi) is 19.8. The predicted octanol–water partition coefficient (Wildman–Crippen LogP) is 25.0. The number of nitrogens with zero attached hydrogens (tertiary/aromatic N) is 4. The minimum absolute atomic E-state index is 0.0509. The lowest BCUT2D eigenvalue weighted by molar-refractivity contribution is 0.391. The third-order valence-electron chi connectivity index (χ3n) is 29.5. The highest BCUT2D eigenvalue weighted by molar-refractivity contribution is 7.00. The van der Waals surface area contributed by atoms with Crippen molar-refractivity contribution in [2.75, 3.05) is 9.80 Å². The van der Waals surface area contributed by atoms with E-state index in [1.54, 1.807) is 22.3 Å². The highest BCUT2D eigenvalue weighted by Crippen LogP contribution is 2.56. The van der Waals surface area contributed by atoms with E-state index in [1.807, 2.05) is 0 Å². The fraction of sp³-hybridized carbons (Fsp3) is 0.339. The lowest BCUT2D eigenvalue weighted by Gasteiger charge is -2.54. The number of hydrogen-bond donors (Lipinski definition) is 0. The quantitative estimate of drug-likeness (QED) is 0.0545. The molecule has 12 aromatic rings. The number of hydrogen-bond acceptors (Lipinski definition) is 2. The molecule has 2 aliphatic heterocycles. The Morgan fingerprint density at radius 2 is 0.686 bits per heavy atom. The van der Waals surface area contributed by atoms with Gasteiger partial charge in [-0.25, -0.2) is 0 Å². The van der Waals surface area contributed by atoms with Gasteiger partial charge in [0.2, 0.25) is 0 Å². The molecule has 4 heterocycles. The van der Waals surface area contributed by atoms with Gasteiger partial charge in [-0.2, -0.15) is 0 Å². The first-order chi connectivity index (χ1) is 57.1. The van der Waals surface area contributed by atoms with E-state index in [9.17, 15) is 0 Å². The van der Waals surface area contributed by atoms with Crippen LogP contribution in [0.3, 0.4) is 0 Å². The van der Waals surface area contributed by atoms with Crippen molar-refractivity contribution in [1.29, 1.82) is 0 Å². The maximum absolute atomic E-state index is 3.14. The van der Waals surface area contributed by atoms with E-state index >= 15 is 0 Å². The summed E-state index contributed by atoms with van der Waals surface area (Å²) in [5.74, 6) is 1.47. The molecule has 6 aliphatic carbocycles. The SMILES string of the molecule is C[Si](C)(C)c1ccc2c(c1)c1cc([Si](C)(C)C)ccc1n2-c1ccc2c(c1)N(C1C(C3CC=CCC3)=CCCC1C1=CCCCC1)c1cc(C(c3ccccc3)(c3ccccc3)c3ccccc3)cc3c1B2c1ccc(-n2c4ccc([Si](C)(C)C)cc4c4cc([Si](C)(C)C)ccc42)cc1N3C1C(C2CC=CCC2)=CCCC1C1=CCCCC1. The smallest absolute Gasteiger partial charge is 0.252 e. The summed E-state index contributed by atoms with van der Waals surface area (Å²) in [6.07, 6.45) is 42.1. The lowest BCUT2D eigenvalue weighted by Crippen LogP contribution is -2.65. The summed E-state index contributed by atoms with van der Waals surface area (Å²) in [6, 6.07) is 88.0. The number of aromatic nitrogens is 2. The van der Waals surface area contributed by atoms with Gasteiger partial charge in [-0.15, -0.1) is 0 Å². The number of rotatable bonds is 16. The summed E-state index contributed by atoms with van der Waals surface area (Å²) >= 11 is 0. The lowest BCUT2D eigenvalue weighted by atomic mass is 9.33. The molecule has 4 nitrogen and oxygen atoms in total. The minimum Gasteiger partial charge on any atom is -0.334 e. The third kappa shape index (κ3) is 13.2. The van der Waals surface area contributed by atoms with E-state index in [0.717, 1.165) is 64.2 Å². The second kappa shape index (κ2) is 30.2. The van der Waals surface area contributed by atoms with Crippen LogP contribution in [0.2, 0.25) is 78.6 Å². The summed E-state index contributed by atoms with van der Waals surface area (Å²) in [5.41, 5.74) is 28.6. The zero-order chi connectivity index (χ0) is 80.7. The molecule has 10 aromatic carbocycles. The second-order valence-corrected chi connectivity index (χ2v) is 61.0. The first-order valence-electron chi connectivity index (χ1n) is 45.6. The molecule has 0 spiro atoms. The molecular formula is C109H121BN4Si4. The molecule has 0 saturated heterocycles. The van der Waals surface area contributed by atoms with E-state index in [0.29, 0.717) is 23.7 Å². The van der Waals surface area contributed by atoms with Crippen LogP contribution in [0.1, 0.15) is 138 Å². The molecule has 6 unspecified atom stereocenters. The monoisotopic (exact) mass is 1610 g/mol. The van der Waals surface area contributed by atoms with Crippen molar-refractivity contribution in [1.82, 2.24) is 9.13 Å². The molecule has 0 bridgehead atoms. The van der Waals surface area contributed by atoms with Crippen molar-refractivity contribution in [3.05, 3.63) is 305 Å². The minimum atomic E-state index is -1.74. The maximum Gasteiger partial charge on any atom is 0.252 e. The summed E-state index contributed by atoms with van der Waals surface area (Å²) in [7, 11) is -6.96. The molecule has 0 amide bonds. The second-order valence-electron chi connectivity index (χ2n) is 40.7. The molecule has 2 aromatic heterocycles. The average Bonchev–Trinajstić information content (AvgIpc) is 0.749. The zero-order valence-electron chi connectivity index (χ0n) is 72.4. The fourth-order valence-electron chi connectivity index (χ4n) is 23.4. The molecule has 118 heavy (non-hydrogen) atoms. The molecule has 0 fully saturated rings. The molecule has 8 aliphatic rings. The Hall–Kier alpha value is -9.23. The molecule has 6 atom stereocenters. The summed E-state index contributed by atoms with van der Waals surface area (Å²) in [5, 5.41) is 11.6. The van der Waals surface area contributed by atoms with Crippen LogP contribution in [-0.4, -0.2) is 60.2 Å². The summed E-state index contributed by atoms with van der Waals surface area (Å²) < 4.78 is 5.42. The highest BCUT2D eigenvalue weighted by Gasteiger charge is 2.53. The molecule has 0 radical (unpaired) electrons. The van der Waals surface area contributed by atoms with Crippen molar-refractivity contribution in [3.8, 4) is 11.4 Å². The molecule has 9 heteroatoms. The van der Waals surface area contributed by atoms with Gasteiger partial charge in [0.05, 0.1) is 71.9 Å². The van der Waals surface area contributed by atoms with Crippen LogP contribution in [0, 0.1) is 23.7 Å². The van der Waals surface area contributed by atoms with E-state index in [4.69, 9.17) is 0 Å². The van der Waals surface area contributed by atoms with Crippen LogP contribution in [0.4, 0.5) is 22.7 Å². The molecular weight excluding hydrogens is 1490 g/mol. The normalized spacial score (nSPS) is 21.2. The number of anilines is 4. The van der Waals surface area contributed by atoms with Crippen molar-refractivity contribution < 1.29 is 0 Å². The van der Waals surface area contributed by atoms with E-state index in [2.05, 4.69) is 358 Å². The third-order valence-corrected chi connectivity index (χ3v) is 37.7. The van der Waals surface area contributed by atoms with E-state index in [-0.39, 0.29) is 18.8 Å². The van der Waals surface area contributed by atoms with Crippen LogP contribution < -0.4 is 46.9 Å². The van der Waals surface area contributed by atoms with Crippen LogP contribution in [-0.2, 0) is 5.41 Å². The Morgan fingerprint density at radius 3 is 1.01 bits per heavy atom. The maximum atomic E-state index is 3.14. The fourth-order valence-corrected chi connectivity index (χ4v) is 28.0. The standard InChI is InChI=1S/C109H121BN4Si4/c1-115(2,3)84-56-62-98-92(70-84)93-71-85(116(4,5)6)57-63-99(93)111(98)82-54-60-96-102(68-82)113(107-88(74-36-20-13-21-37-74)50-34-51-89(107)75-38-22-14-23-39-75)104-66-81(109(78-44-28-17-29-45-78,79-46-30-18-31-47-79)80-48-32-19-33-49-80)67-105-106(104)110(96)97-61-55-83(112-100-64-58-86(117(7,8)9)72-94(100)95-73-87(118(10,11)12)59-65-101(95)112)69-103(97)114(105)108-90(76-40-24-15-25-41-76)52-35-53-91(108)77-42-26-16-27-43-77/h13,15,17-20,24,28-33,38,42,44-50,52,54-74,76,89,91,107-108H,14,16,21-23,25-27,34-37,39-41,43,51,53H2,1-12H3. The van der Waals surface area contributed by atoms with Crippen molar-refractivity contribution in [2.24, 2.45) is 23.7 Å². The number of allylic oxidation sites excluding steroid dienone is 8. The summed E-state index contributed by atoms with van der Waals surface area (Å²) in [4.78, 5) is 6.27. The largest absolute Gasteiger partial charge is 0.334 e. The zero-order valence-corrected chi connectivity index (χ0v) is 76.4. The van der Waals surface area contributed by atoms with Gasteiger partial charge in [-0.3, -0.25) is 0 Å². The number of benzene rings is 10. The predicted molar refractivity (Wildman–Crippen MR) is 522 cm³/mol. The molecule has 0 saturated carbocycles. The molecule has 0 N–H and O–H groups in total. The average molecular weight is 1610 g/mol. The van der Waals surface area contributed by atoms with Gasteiger partial charge >= 0.3 is 0 Å². The topological polar surface area (TPSA) is 16.3 Å². The van der Waals surface area contributed by atoms with Crippen LogP contribution in [0.25, 0.3) is 55.0 Å². The first kappa shape index (κ1) is 77.4. The Bertz CT molecular complexity index is 5590. The number of fused-ring (bicyclic) bond motifs is 10. The highest BCUT2D eigenvalue weighted by atomic mass is 28.3. The van der Waals surface area contributed by atoms with Crippen molar-refractivity contribution in [2.45, 2.75) is 212 Å². The van der Waals surface area contributed by atoms with Gasteiger partial charge in [0.1, 0.15) is 0 Å². The molecule has 596 valence electrons.